The van der Waals surface area contributed by atoms with Crippen molar-refractivity contribution in [1.82, 2.24) is 14.5 Å². The van der Waals surface area contributed by atoms with E-state index in [1.807, 2.05) is 42.5 Å². The molecule has 0 radical (unpaired) electrons. The standard InChI is InChI=1S/C45H24N4O2/c1-46-31-20-18-27(19-21-31)26-14-16-28(17-15-26)41-44-42(35-24-29-8-2-3-9-30(29)25-39(35)51-44)48-45(47-41)49-36-12-6-4-10-32(36)33-22-23-38-40(43(33)49)34-11-5-7-13-37(34)50-38/h2-25H. The molecule has 11 rings (SSSR count). The van der Waals surface area contributed by atoms with Crippen molar-refractivity contribution < 1.29 is 8.83 Å². The molecule has 0 atom stereocenters. The van der Waals surface area contributed by atoms with Crippen LogP contribution in [-0.4, -0.2) is 14.5 Å². The summed E-state index contributed by atoms with van der Waals surface area (Å²) in [5.41, 5.74) is 10.1. The van der Waals surface area contributed by atoms with Crippen LogP contribution >= 0.6 is 0 Å². The number of fused-ring (bicyclic) bond motifs is 11. The van der Waals surface area contributed by atoms with Gasteiger partial charge in [-0.25, -0.2) is 14.8 Å². The van der Waals surface area contributed by atoms with Crippen LogP contribution < -0.4 is 0 Å². The molecular formula is C45H24N4O2. The summed E-state index contributed by atoms with van der Waals surface area (Å²) in [6.45, 7) is 7.31. The van der Waals surface area contributed by atoms with Gasteiger partial charge in [-0.2, -0.15) is 0 Å². The van der Waals surface area contributed by atoms with Crippen LogP contribution in [0.3, 0.4) is 0 Å². The Morgan fingerprint density at radius 2 is 1.22 bits per heavy atom. The topological polar surface area (TPSA) is 61.4 Å². The van der Waals surface area contributed by atoms with Crippen LogP contribution in [0.25, 0.3) is 110 Å². The van der Waals surface area contributed by atoms with Crippen molar-refractivity contribution in [3.8, 4) is 28.3 Å². The van der Waals surface area contributed by atoms with Gasteiger partial charge in [0.15, 0.2) is 11.3 Å². The molecule has 4 heterocycles. The molecule has 0 unspecified atom stereocenters. The number of para-hydroxylation sites is 2. The molecule has 0 aliphatic carbocycles. The van der Waals surface area contributed by atoms with E-state index in [4.69, 9.17) is 25.4 Å². The molecule has 0 aliphatic heterocycles. The Kier molecular flexibility index (Phi) is 5.64. The monoisotopic (exact) mass is 652 g/mol. The Hall–Kier alpha value is -7.23. The molecule has 0 fully saturated rings. The van der Waals surface area contributed by atoms with Gasteiger partial charge in [-0.3, -0.25) is 4.57 Å². The first-order valence-corrected chi connectivity index (χ1v) is 16.8. The van der Waals surface area contributed by atoms with Crippen LogP contribution in [0.5, 0.6) is 0 Å². The first-order valence-electron chi connectivity index (χ1n) is 16.8. The molecule has 0 saturated carbocycles. The van der Waals surface area contributed by atoms with Crippen LogP contribution in [0, 0.1) is 6.57 Å². The summed E-state index contributed by atoms with van der Waals surface area (Å²) < 4.78 is 15.2. The maximum absolute atomic E-state index is 7.31. The summed E-state index contributed by atoms with van der Waals surface area (Å²) in [7, 11) is 0. The highest BCUT2D eigenvalue weighted by Gasteiger charge is 2.24. The lowest BCUT2D eigenvalue weighted by atomic mass is 10.0. The van der Waals surface area contributed by atoms with Gasteiger partial charge in [0.1, 0.15) is 28.0 Å². The number of rotatable bonds is 3. The van der Waals surface area contributed by atoms with E-state index in [0.717, 1.165) is 87.7 Å². The summed E-state index contributed by atoms with van der Waals surface area (Å²) in [6, 6.07) is 49.4. The van der Waals surface area contributed by atoms with Gasteiger partial charge >= 0.3 is 0 Å². The average molecular weight is 653 g/mol. The van der Waals surface area contributed by atoms with Crippen LogP contribution in [-0.2, 0) is 0 Å². The molecule has 0 N–H and O–H groups in total. The smallest absolute Gasteiger partial charge is 0.236 e. The van der Waals surface area contributed by atoms with E-state index in [9.17, 15) is 0 Å². The van der Waals surface area contributed by atoms with Gasteiger partial charge in [-0.15, -0.1) is 0 Å². The first kappa shape index (κ1) is 27.7. The van der Waals surface area contributed by atoms with Gasteiger partial charge in [-0.1, -0.05) is 109 Å². The van der Waals surface area contributed by atoms with Crippen molar-refractivity contribution in [2.75, 3.05) is 0 Å². The Morgan fingerprint density at radius 1 is 0.529 bits per heavy atom. The highest BCUT2D eigenvalue weighted by atomic mass is 16.3. The Morgan fingerprint density at radius 3 is 2.02 bits per heavy atom. The molecule has 7 aromatic carbocycles. The fraction of sp³-hybridized carbons (Fsp3) is 0. The molecular weight excluding hydrogens is 629 g/mol. The first-order chi connectivity index (χ1) is 25.2. The maximum atomic E-state index is 7.31. The predicted molar refractivity (Wildman–Crippen MR) is 206 cm³/mol. The van der Waals surface area contributed by atoms with E-state index in [2.05, 4.69) is 113 Å². The van der Waals surface area contributed by atoms with E-state index < -0.39 is 0 Å². The second-order valence-electron chi connectivity index (χ2n) is 12.9. The third-order valence-electron chi connectivity index (χ3n) is 10.0. The van der Waals surface area contributed by atoms with Gasteiger partial charge < -0.3 is 8.83 Å². The highest BCUT2D eigenvalue weighted by Crippen LogP contribution is 2.42. The zero-order valence-corrected chi connectivity index (χ0v) is 27.0. The molecule has 51 heavy (non-hydrogen) atoms. The minimum Gasteiger partial charge on any atom is -0.456 e. The Bertz CT molecular complexity index is 3250. The molecule has 0 spiro atoms. The zero-order valence-electron chi connectivity index (χ0n) is 27.0. The van der Waals surface area contributed by atoms with Gasteiger partial charge in [-0.05, 0) is 58.3 Å². The molecule has 11 aromatic rings. The van der Waals surface area contributed by atoms with Gasteiger partial charge in [0.25, 0.3) is 0 Å². The zero-order chi connectivity index (χ0) is 33.6. The van der Waals surface area contributed by atoms with Crippen molar-refractivity contribution in [1.29, 1.82) is 0 Å². The lowest BCUT2D eigenvalue weighted by Gasteiger charge is -2.10. The van der Waals surface area contributed by atoms with Crippen molar-refractivity contribution in [3.63, 3.8) is 0 Å². The fourth-order valence-corrected chi connectivity index (χ4v) is 7.63. The van der Waals surface area contributed by atoms with Crippen molar-refractivity contribution in [3.05, 3.63) is 157 Å². The van der Waals surface area contributed by atoms with Crippen LogP contribution in [0.15, 0.2) is 154 Å². The van der Waals surface area contributed by atoms with E-state index in [1.54, 1.807) is 0 Å². The van der Waals surface area contributed by atoms with Crippen molar-refractivity contribution in [2.24, 2.45) is 0 Å². The van der Waals surface area contributed by atoms with Gasteiger partial charge in [0.2, 0.25) is 5.95 Å². The van der Waals surface area contributed by atoms with Crippen LogP contribution in [0.4, 0.5) is 5.69 Å². The second-order valence-corrected chi connectivity index (χ2v) is 12.9. The minimum atomic E-state index is 0.552. The largest absolute Gasteiger partial charge is 0.456 e. The molecule has 0 aliphatic rings. The summed E-state index contributed by atoms with van der Waals surface area (Å²) in [4.78, 5) is 14.3. The number of hydrogen-bond acceptors (Lipinski definition) is 4. The number of furan rings is 2. The lowest BCUT2D eigenvalue weighted by Crippen LogP contribution is -2.03. The summed E-state index contributed by atoms with van der Waals surface area (Å²) in [5.74, 6) is 0.552. The average Bonchev–Trinajstić information content (AvgIpc) is 3.86. The molecule has 236 valence electrons. The minimum absolute atomic E-state index is 0.552. The number of nitrogens with zero attached hydrogens (tertiary/aromatic N) is 4. The number of benzene rings is 7. The molecule has 6 heteroatoms. The van der Waals surface area contributed by atoms with Crippen molar-refractivity contribution in [2.45, 2.75) is 0 Å². The third-order valence-corrected chi connectivity index (χ3v) is 10.0. The second kappa shape index (κ2) is 10.4. The normalized spacial score (nSPS) is 11.9. The molecule has 4 aromatic heterocycles. The summed E-state index contributed by atoms with van der Waals surface area (Å²) in [6.07, 6.45) is 0. The van der Waals surface area contributed by atoms with E-state index >= 15 is 0 Å². The predicted octanol–water partition coefficient (Wildman–Crippen LogP) is 12.4. The molecule has 0 saturated heterocycles. The summed E-state index contributed by atoms with van der Waals surface area (Å²) in [5, 5.41) is 7.44. The van der Waals surface area contributed by atoms with Gasteiger partial charge in [0.05, 0.1) is 23.0 Å². The number of hydrogen-bond donors (Lipinski definition) is 0. The number of aromatic nitrogens is 3. The molecule has 6 nitrogen and oxygen atoms in total. The SMILES string of the molecule is [C-]#[N+]c1ccc(-c2ccc(-c3nc(-n4c5ccccc5c5ccc6oc7ccccc7c6c54)nc4c3oc3cc5ccccc5cc34)cc2)cc1. The maximum Gasteiger partial charge on any atom is 0.236 e. The molecule has 0 bridgehead atoms. The van der Waals surface area contributed by atoms with Crippen LogP contribution in [0.1, 0.15) is 0 Å². The third kappa shape index (κ3) is 4.03. The van der Waals surface area contributed by atoms with E-state index in [0.29, 0.717) is 22.9 Å². The van der Waals surface area contributed by atoms with E-state index in [-0.39, 0.29) is 0 Å². The quantitative estimate of drug-likeness (QED) is 0.178. The Balaban J connectivity index is 1.24. The summed E-state index contributed by atoms with van der Waals surface area (Å²) >= 11 is 0. The van der Waals surface area contributed by atoms with Crippen molar-refractivity contribution >= 4 is 82.3 Å². The van der Waals surface area contributed by atoms with Gasteiger partial charge in [0, 0.05) is 27.1 Å². The molecule has 0 amide bonds. The highest BCUT2D eigenvalue weighted by molar-refractivity contribution is 6.24. The van der Waals surface area contributed by atoms with Crippen LogP contribution in [0.2, 0.25) is 0 Å². The van der Waals surface area contributed by atoms with E-state index in [1.165, 1.54) is 0 Å². The lowest BCUT2D eigenvalue weighted by molar-refractivity contribution is 0.667. The Labute approximate surface area is 290 Å². The fourth-order valence-electron chi connectivity index (χ4n) is 7.63.